The van der Waals surface area contributed by atoms with Gasteiger partial charge in [-0.2, -0.15) is 0 Å². The minimum Gasteiger partial charge on any atom is -0.495 e. The molecule has 0 aliphatic rings. The Morgan fingerprint density at radius 1 is 1.04 bits per heavy atom. The Morgan fingerprint density at radius 2 is 1.83 bits per heavy atom. The van der Waals surface area contributed by atoms with Crippen molar-refractivity contribution in [1.82, 2.24) is 10.2 Å². The lowest BCUT2D eigenvalue weighted by Crippen LogP contribution is -2.08. The Balaban J connectivity index is 1.82. The highest BCUT2D eigenvalue weighted by Gasteiger charge is 2.16. The van der Waals surface area contributed by atoms with Crippen LogP contribution in [0.4, 0.5) is 5.69 Å². The van der Waals surface area contributed by atoms with Gasteiger partial charge in [0.1, 0.15) is 11.8 Å². The highest BCUT2D eigenvalue weighted by Crippen LogP contribution is 2.29. The molecule has 124 valence electrons. The molecule has 5 nitrogen and oxygen atoms in total. The first kappa shape index (κ1) is 16.1. The lowest BCUT2D eigenvalue weighted by molar-refractivity contribution is 0.415. The second kappa shape index (κ2) is 6.74. The summed E-state index contributed by atoms with van der Waals surface area (Å²) in [5.74, 6) is 1.85. The largest absolute Gasteiger partial charge is 0.495 e. The maximum absolute atomic E-state index is 5.84. The number of hydrogen-bond donors (Lipinski definition) is 1. The molecule has 1 aromatic heterocycles. The summed E-state index contributed by atoms with van der Waals surface area (Å²) in [5, 5.41) is 11.7. The summed E-state index contributed by atoms with van der Waals surface area (Å²) in [6.45, 7) is 6.06. The van der Waals surface area contributed by atoms with E-state index in [0.717, 1.165) is 28.1 Å². The first-order chi connectivity index (χ1) is 11.6. The number of aromatic nitrogens is 2. The second-order valence-electron chi connectivity index (χ2n) is 5.88. The molecule has 0 bridgehead atoms. The zero-order valence-corrected chi connectivity index (χ0v) is 14.3. The van der Waals surface area contributed by atoms with Crippen molar-refractivity contribution in [2.45, 2.75) is 26.8 Å². The van der Waals surface area contributed by atoms with E-state index < -0.39 is 0 Å². The van der Waals surface area contributed by atoms with Crippen molar-refractivity contribution < 1.29 is 9.15 Å². The highest BCUT2D eigenvalue weighted by molar-refractivity contribution is 5.59. The third kappa shape index (κ3) is 3.40. The number of benzene rings is 2. The Hall–Kier alpha value is -2.82. The van der Waals surface area contributed by atoms with Crippen LogP contribution < -0.4 is 10.1 Å². The number of nitrogens with zero attached hydrogens (tertiary/aromatic N) is 2. The second-order valence-corrected chi connectivity index (χ2v) is 5.88. The van der Waals surface area contributed by atoms with E-state index in [1.807, 2.05) is 63.2 Å². The molecule has 0 unspecified atom stereocenters. The molecule has 2 aromatic carbocycles. The van der Waals surface area contributed by atoms with Crippen LogP contribution in [0.25, 0.3) is 11.5 Å². The molecule has 1 heterocycles. The molecule has 0 saturated heterocycles. The van der Waals surface area contributed by atoms with Crippen molar-refractivity contribution in [3.8, 4) is 17.2 Å². The minimum absolute atomic E-state index is 0.133. The summed E-state index contributed by atoms with van der Waals surface area (Å²) >= 11 is 0. The van der Waals surface area contributed by atoms with Crippen molar-refractivity contribution >= 4 is 5.69 Å². The van der Waals surface area contributed by atoms with Gasteiger partial charge in [0.15, 0.2) is 0 Å². The fraction of sp³-hybridized carbons (Fsp3) is 0.263. The van der Waals surface area contributed by atoms with E-state index in [2.05, 4.69) is 15.5 Å². The van der Waals surface area contributed by atoms with E-state index in [0.29, 0.717) is 11.8 Å². The van der Waals surface area contributed by atoms with Crippen molar-refractivity contribution in [1.29, 1.82) is 0 Å². The van der Waals surface area contributed by atoms with Gasteiger partial charge in [-0.25, -0.2) is 0 Å². The van der Waals surface area contributed by atoms with E-state index in [4.69, 9.17) is 9.15 Å². The number of hydrogen-bond acceptors (Lipinski definition) is 5. The van der Waals surface area contributed by atoms with Gasteiger partial charge in [-0.05, 0) is 50.6 Å². The molecule has 0 amide bonds. The molecular weight excluding hydrogens is 302 g/mol. The van der Waals surface area contributed by atoms with Gasteiger partial charge in [-0.1, -0.05) is 23.8 Å². The van der Waals surface area contributed by atoms with Gasteiger partial charge >= 0.3 is 0 Å². The molecule has 0 fully saturated rings. The number of nitrogens with one attached hydrogen (secondary N) is 1. The van der Waals surface area contributed by atoms with Crippen molar-refractivity contribution in [3.63, 3.8) is 0 Å². The van der Waals surface area contributed by atoms with Gasteiger partial charge in [0.2, 0.25) is 11.8 Å². The van der Waals surface area contributed by atoms with Crippen molar-refractivity contribution in [2.24, 2.45) is 0 Å². The first-order valence-electron chi connectivity index (χ1n) is 7.88. The SMILES string of the molecule is COc1ccc(C)cc1N[C@@H](C)c1nnc(-c2cccc(C)c2)o1. The Labute approximate surface area is 141 Å². The Bertz CT molecular complexity index is 842. The number of rotatable bonds is 5. The van der Waals surface area contributed by atoms with Crippen LogP contribution in [-0.4, -0.2) is 17.3 Å². The maximum Gasteiger partial charge on any atom is 0.247 e. The smallest absolute Gasteiger partial charge is 0.247 e. The Morgan fingerprint density at radius 3 is 2.58 bits per heavy atom. The van der Waals surface area contributed by atoms with Crippen LogP contribution in [0, 0.1) is 13.8 Å². The molecule has 0 aliphatic heterocycles. The summed E-state index contributed by atoms with van der Waals surface area (Å²) < 4.78 is 11.2. The molecule has 0 spiro atoms. The summed E-state index contributed by atoms with van der Waals surface area (Å²) in [6.07, 6.45) is 0. The summed E-state index contributed by atoms with van der Waals surface area (Å²) in [6, 6.07) is 13.9. The van der Waals surface area contributed by atoms with E-state index in [1.54, 1.807) is 7.11 Å². The number of ether oxygens (including phenoxy) is 1. The molecule has 24 heavy (non-hydrogen) atoms. The molecule has 1 atom stereocenters. The van der Waals surface area contributed by atoms with Crippen LogP contribution in [0.15, 0.2) is 46.9 Å². The normalized spacial score (nSPS) is 12.0. The fourth-order valence-corrected chi connectivity index (χ4v) is 2.53. The van der Waals surface area contributed by atoms with Crippen LogP contribution in [-0.2, 0) is 0 Å². The molecule has 5 heteroatoms. The van der Waals surface area contributed by atoms with E-state index >= 15 is 0 Å². The molecule has 0 aliphatic carbocycles. The molecule has 1 N–H and O–H groups in total. The fourth-order valence-electron chi connectivity index (χ4n) is 2.53. The van der Waals surface area contributed by atoms with Crippen molar-refractivity contribution in [3.05, 3.63) is 59.5 Å². The molecule has 3 rings (SSSR count). The quantitative estimate of drug-likeness (QED) is 0.747. The zero-order chi connectivity index (χ0) is 17.1. The molecular formula is C19H21N3O2. The van der Waals surface area contributed by atoms with Gasteiger partial charge < -0.3 is 14.5 Å². The number of anilines is 1. The van der Waals surface area contributed by atoms with Crippen LogP contribution >= 0.6 is 0 Å². The van der Waals surface area contributed by atoms with E-state index in [9.17, 15) is 0 Å². The molecule has 0 radical (unpaired) electrons. The summed E-state index contributed by atoms with van der Waals surface area (Å²) in [5.41, 5.74) is 4.13. The third-order valence-electron chi connectivity index (χ3n) is 3.80. The standard InChI is InChI=1S/C19H21N3O2/c1-12-6-5-7-15(10-12)19-22-21-18(24-19)14(3)20-16-11-13(2)8-9-17(16)23-4/h5-11,14,20H,1-4H3/t14-/m0/s1. The van der Waals surface area contributed by atoms with Gasteiger partial charge in [0.05, 0.1) is 12.8 Å². The number of methoxy groups -OCH3 is 1. The minimum atomic E-state index is -0.133. The predicted molar refractivity (Wildman–Crippen MR) is 94.2 cm³/mol. The highest BCUT2D eigenvalue weighted by atomic mass is 16.5. The average molecular weight is 323 g/mol. The van der Waals surface area contributed by atoms with Gasteiger partial charge in [-0.15, -0.1) is 10.2 Å². The van der Waals surface area contributed by atoms with Gasteiger partial charge in [0.25, 0.3) is 0 Å². The topological polar surface area (TPSA) is 60.2 Å². The first-order valence-corrected chi connectivity index (χ1v) is 7.88. The average Bonchev–Trinajstić information content (AvgIpc) is 3.05. The molecule has 0 saturated carbocycles. The number of aryl methyl sites for hydroxylation is 2. The molecule has 3 aromatic rings. The van der Waals surface area contributed by atoms with Crippen LogP contribution in [0.3, 0.4) is 0 Å². The Kier molecular flexibility index (Phi) is 4.51. The zero-order valence-electron chi connectivity index (χ0n) is 14.3. The van der Waals surface area contributed by atoms with Crippen molar-refractivity contribution in [2.75, 3.05) is 12.4 Å². The summed E-state index contributed by atoms with van der Waals surface area (Å²) in [4.78, 5) is 0. The van der Waals surface area contributed by atoms with Gasteiger partial charge in [0, 0.05) is 5.56 Å². The maximum atomic E-state index is 5.84. The van der Waals surface area contributed by atoms with Crippen LogP contribution in [0.1, 0.15) is 30.0 Å². The summed E-state index contributed by atoms with van der Waals surface area (Å²) in [7, 11) is 1.66. The van der Waals surface area contributed by atoms with Crippen LogP contribution in [0.2, 0.25) is 0 Å². The van der Waals surface area contributed by atoms with E-state index in [1.165, 1.54) is 0 Å². The van der Waals surface area contributed by atoms with Gasteiger partial charge in [-0.3, -0.25) is 0 Å². The monoisotopic (exact) mass is 323 g/mol. The van der Waals surface area contributed by atoms with E-state index in [-0.39, 0.29) is 6.04 Å². The van der Waals surface area contributed by atoms with Crippen LogP contribution in [0.5, 0.6) is 5.75 Å². The lowest BCUT2D eigenvalue weighted by atomic mass is 10.1. The third-order valence-corrected chi connectivity index (χ3v) is 3.80. The lowest BCUT2D eigenvalue weighted by Gasteiger charge is -2.15. The predicted octanol–water partition coefficient (Wildman–Crippen LogP) is 4.54.